The van der Waals surface area contributed by atoms with E-state index in [-0.39, 0.29) is 0 Å². The molecular weight excluding hydrogens is 296 g/mol. The molecule has 3 rings (SSSR count). The van der Waals surface area contributed by atoms with Crippen molar-refractivity contribution in [1.29, 1.82) is 0 Å². The fourth-order valence-electron chi connectivity index (χ4n) is 3.11. The third-order valence-corrected chi connectivity index (χ3v) is 4.32. The van der Waals surface area contributed by atoms with Gasteiger partial charge in [-0.1, -0.05) is 36.4 Å². The van der Waals surface area contributed by atoms with E-state index in [0.717, 1.165) is 22.6 Å². The van der Waals surface area contributed by atoms with Crippen LogP contribution >= 0.6 is 0 Å². The van der Waals surface area contributed by atoms with Crippen LogP contribution in [0.5, 0.6) is 11.5 Å². The SMILES string of the molecule is COc1ccc(C(=C2C=CC=C2)c2ccc(OC)c(C)c2)cc1C. The van der Waals surface area contributed by atoms with Gasteiger partial charge in [0.25, 0.3) is 0 Å². The maximum absolute atomic E-state index is 5.40. The van der Waals surface area contributed by atoms with Crippen molar-refractivity contribution < 1.29 is 9.47 Å². The fraction of sp³-hybridized carbons (Fsp3) is 0.182. The minimum atomic E-state index is 0.909. The van der Waals surface area contributed by atoms with E-state index in [4.69, 9.17) is 9.47 Å². The number of hydrogen-bond acceptors (Lipinski definition) is 2. The quantitative estimate of drug-likeness (QED) is 0.766. The molecular formula is C22H22O2. The van der Waals surface area contributed by atoms with Crippen molar-refractivity contribution in [3.63, 3.8) is 0 Å². The molecule has 0 saturated carbocycles. The second-order valence-electron chi connectivity index (χ2n) is 5.92. The summed E-state index contributed by atoms with van der Waals surface area (Å²) in [7, 11) is 3.41. The zero-order valence-corrected chi connectivity index (χ0v) is 14.6. The Bertz CT molecular complexity index is 785. The van der Waals surface area contributed by atoms with Crippen molar-refractivity contribution in [2.45, 2.75) is 13.8 Å². The lowest BCUT2D eigenvalue weighted by atomic mass is 9.91. The Morgan fingerprint density at radius 1 is 0.708 bits per heavy atom. The van der Waals surface area contributed by atoms with Gasteiger partial charge in [0.2, 0.25) is 0 Å². The fourth-order valence-corrected chi connectivity index (χ4v) is 3.11. The monoisotopic (exact) mass is 318 g/mol. The molecule has 1 aliphatic carbocycles. The molecule has 2 aromatic rings. The highest BCUT2D eigenvalue weighted by molar-refractivity contribution is 5.87. The maximum atomic E-state index is 5.40. The van der Waals surface area contributed by atoms with E-state index in [1.165, 1.54) is 22.3 Å². The summed E-state index contributed by atoms with van der Waals surface area (Å²) in [5.74, 6) is 1.82. The molecule has 0 bridgehead atoms. The molecule has 2 heteroatoms. The Balaban J connectivity index is 2.18. The van der Waals surface area contributed by atoms with Crippen molar-refractivity contribution in [2.24, 2.45) is 0 Å². The first kappa shape index (κ1) is 16.1. The van der Waals surface area contributed by atoms with Crippen molar-refractivity contribution in [1.82, 2.24) is 0 Å². The van der Waals surface area contributed by atoms with Crippen molar-refractivity contribution in [3.8, 4) is 11.5 Å². The number of rotatable bonds is 4. The van der Waals surface area contributed by atoms with E-state index >= 15 is 0 Å². The molecule has 0 aliphatic heterocycles. The third kappa shape index (κ3) is 3.00. The summed E-state index contributed by atoms with van der Waals surface area (Å²) in [6.45, 7) is 4.15. The average molecular weight is 318 g/mol. The highest BCUT2D eigenvalue weighted by Crippen LogP contribution is 2.34. The predicted octanol–water partition coefficient (Wildman–Crippen LogP) is 5.25. The third-order valence-electron chi connectivity index (χ3n) is 4.32. The summed E-state index contributed by atoms with van der Waals surface area (Å²) in [4.78, 5) is 0. The van der Waals surface area contributed by atoms with E-state index in [9.17, 15) is 0 Å². The molecule has 2 nitrogen and oxygen atoms in total. The van der Waals surface area contributed by atoms with Gasteiger partial charge in [0.1, 0.15) is 11.5 Å². The normalized spacial score (nSPS) is 12.6. The first-order chi connectivity index (χ1) is 11.6. The van der Waals surface area contributed by atoms with Crippen LogP contribution in [0, 0.1) is 13.8 Å². The van der Waals surface area contributed by atoms with Crippen LogP contribution in [0.4, 0.5) is 0 Å². The van der Waals surface area contributed by atoms with Crippen LogP contribution < -0.4 is 9.47 Å². The van der Waals surface area contributed by atoms with Gasteiger partial charge in [-0.15, -0.1) is 0 Å². The molecule has 0 unspecified atom stereocenters. The van der Waals surface area contributed by atoms with Crippen LogP contribution in [0.3, 0.4) is 0 Å². The molecule has 0 atom stereocenters. The van der Waals surface area contributed by atoms with Crippen LogP contribution in [0.2, 0.25) is 0 Å². The zero-order valence-electron chi connectivity index (χ0n) is 14.6. The minimum Gasteiger partial charge on any atom is -0.496 e. The summed E-state index contributed by atoms with van der Waals surface area (Å²) >= 11 is 0. The Hall–Kier alpha value is -2.74. The summed E-state index contributed by atoms with van der Waals surface area (Å²) in [5.41, 5.74) is 7.06. The van der Waals surface area contributed by atoms with Crippen LogP contribution in [0.15, 0.2) is 66.3 Å². The summed E-state index contributed by atoms with van der Waals surface area (Å²) in [5, 5.41) is 0. The molecule has 0 heterocycles. The highest BCUT2D eigenvalue weighted by Gasteiger charge is 2.13. The molecule has 122 valence electrons. The van der Waals surface area contributed by atoms with E-state index in [0.29, 0.717) is 0 Å². The van der Waals surface area contributed by atoms with Gasteiger partial charge < -0.3 is 9.47 Å². The number of benzene rings is 2. The van der Waals surface area contributed by atoms with E-state index < -0.39 is 0 Å². The van der Waals surface area contributed by atoms with E-state index in [2.05, 4.69) is 62.4 Å². The highest BCUT2D eigenvalue weighted by atomic mass is 16.5. The van der Waals surface area contributed by atoms with E-state index in [1.807, 2.05) is 12.1 Å². The average Bonchev–Trinajstić information content (AvgIpc) is 3.09. The molecule has 0 spiro atoms. The smallest absolute Gasteiger partial charge is 0.121 e. The second kappa shape index (κ2) is 6.79. The largest absolute Gasteiger partial charge is 0.496 e. The molecule has 1 aliphatic rings. The number of allylic oxidation sites excluding steroid dienone is 5. The van der Waals surface area contributed by atoms with Crippen LogP contribution in [-0.2, 0) is 0 Å². The Kier molecular flexibility index (Phi) is 4.57. The number of methoxy groups -OCH3 is 2. The summed E-state index contributed by atoms with van der Waals surface area (Å²) in [6, 6.07) is 12.7. The Morgan fingerprint density at radius 2 is 1.17 bits per heavy atom. The lowest BCUT2D eigenvalue weighted by Crippen LogP contribution is -1.96. The molecule has 0 N–H and O–H groups in total. The van der Waals surface area contributed by atoms with Gasteiger partial charge in [0, 0.05) is 0 Å². The Labute approximate surface area is 143 Å². The topological polar surface area (TPSA) is 18.5 Å². The Morgan fingerprint density at radius 3 is 1.54 bits per heavy atom. The molecule has 2 aromatic carbocycles. The van der Waals surface area contributed by atoms with Gasteiger partial charge >= 0.3 is 0 Å². The van der Waals surface area contributed by atoms with Crippen molar-refractivity contribution in [3.05, 3.63) is 88.5 Å². The molecule has 0 fully saturated rings. The van der Waals surface area contributed by atoms with Crippen LogP contribution in [0.1, 0.15) is 22.3 Å². The molecule has 0 radical (unpaired) electrons. The van der Waals surface area contributed by atoms with Gasteiger partial charge in [-0.2, -0.15) is 0 Å². The molecule has 0 aromatic heterocycles. The van der Waals surface area contributed by atoms with Crippen molar-refractivity contribution in [2.75, 3.05) is 14.2 Å². The molecule has 24 heavy (non-hydrogen) atoms. The number of ether oxygens (including phenoxy) is 2. The van der Waals surface area contributed by atoms with Crippen LogP contribution in [-0.4, -0.2) is 14.2 Å². The van der Waals surface area contributed by atoms with E-state index in [1.54, 1.807) is 14.2 Å². The summed E-state index contributed by atoms with van der Waals surface area (Å²) in [6.07, 6.45) is 8.44. The van der Waals surface area contributed by atoms with Crippen LogP contribution in [0.25, 0.3) is 5.57 Å². The van der Waals surface area contributed by atoms with Crippen molar-refractivity contribution >= 4 is 5.57 Å². The molecule has 0 saturated heterocycles. The first-order valence-corrected chi connectivity index (χ1v) is 8.03. The second-order valence-corrected chi connectivity index (χ2v) is 5.92. The first-order valence-electron chi connectivity index (χ1n) is 8.03. The minimum absolute atomic E-state index is 0.909. The molecule has 0 amide bonds. The number of hydrogen-bond donors (Lipinski definition) is 0. The standard InChI is InChI=1S/C22H22O2/c1-15-13-18(9-11-20(15)23-3)22(17-7-5-6-8-17)19-10-12-21(24-4)16(2)14-19/h5-14H,1-4H3. The number of aryl methyl sites for hydroxylation is 2. The summed E-state index contributed by atoms with van der Waals surface area (Å²) < 4.78 is 10.8. The van der Waals surface area contributed by atoms with Gasteiger partial charge in [-0.05, 0) is 71.5 Å². The van der Waals surface area contributed by atoms with Gasteiger partial charge in [0.05, 0.1) is 14.2 Å². The lowest BCUT2D eigenvalue weighted by molar-refractivity contribution is 0.411. The van der Waals surface area contributed by atoms with Gasteiger partial charge in [-0.25, -0.2) is 0 Å². The lowest BCUT2D eigenvalue weighted by Gasteiger charge is -2.15. The van der Waals surface area contributed by atoms with Gasteiger partial charge in [0.15, 0.2) is 0 Å². The van der Waals surface area contributed by atoms with Gasteiger partial charge in [-0.3, -0.25) is 0 Å². The zero-order chi connectivity index (χ0) is 17.1. The predicted molar refractivity (Wildman–Crippen MR) is 99.8 cm³/mol. The maximum Gasteiger partial charge on any atom is 0.121 e.